The first-order valence-electron chi connectivity index (χ1n) is 13.0. The predicted molar refractivity (Wildman–Crippen MR) is 123 cm³/mol. The van der Waals surface area contributed by atoms with Crippen LogP contribution in [-0.2, 0) is 9.59 Å². The molecule has 33 heavy (non-hydrogen) atoms. The van der Waals surface area contributed by atoms with E-state index in [2.05, 4.69) is 26.1 Å². The molecule has 1 amide bonds. The van der Waals surface area contributed by atoms with Gasteiger partial charge in [-0.05, 0) is 97.7 Å². The van der Waals surface area contributed by atoms with Crippen molar-refractivity contribution < 1.29 is 30.0 Å². The van der Waals surface area contributed by atoms with Crippen LogP contribution >= 0.6 is 0 Å². The number of hydrogen-bond donors (Lipinski definition) is 5. The number of carboxylic acid groups (broad SMARTS) is 1. The van der Waals surface area contributed by atoms with Crippen LogP contribution < -0.4 is 5.32 Å². The molecule has 0 bridgehead atoms. The summed E-state index contributed by atoms with van der Waals surface area (Å²) in [6, 6.07) is 0. The Kier molecular flexibility index (Phi) is 6.89. The van der Waals surface area contributed by atoms with Crippen LogP contribution in [0.4, 0.5) is 0 Å². The van der Waals surface area contributed by atoms with E-state index in [9.17, 15) is 24.9 Å². The molecule has 4 aliphatic carbocycles. The van der Waals surface area contributed by atoms with Gasteiger partial charge in [0.25, 0.3) is 0 Å². The van der Waals surface area contributed by atoms with Crippen molar-refractivity contribution in [3.63, 3.8) is 0 Å². The normalized spacial score (nSPS) is 47.7. The lowest BCUT2D eigenvalue weighted by Crippen LogP contribution is -2.62. The number of carbonyl (C=O) groups is 2. The highest BCUT2D eigenvalue weighted by molar-refractivity contribution is 5.81. The summed E-state index contributed by atoms with van der Waals surface area (Å²) in [4.78, 5) is 22.7. The van der Waals surface area contributed by atoms with Crippen LogP contribution in [-0.4, -0.2) is 57.2 Å². The highest BCUT2D eigenvalue weighted by atomic mass is 16.4. The van der Waals surface area contributed by atoms with Gasteiger partial charge >= 0.3 is 5.97 Å². The lowest BCUT2D eigenvalue weighted by Gasteiger charge is -2.63. The second kappa shape index (κ2) is 9.12. The third kappa shape index (κ3) is 4.23. The number of rotatable bonds is 6. The van der Waals surface area contributed by atoms with E-state index in [0.29, 0.717) is 25.2 Å². The van der Waals surface area contributed by atoms with Gasteiger partial charge in [-0.1, -0.05) is 20.8 Å². The fourth-order valence-electron chi connectivity index (χ4n) is 8.95. The van der Waals surface area contributed by atoms with Crippen LogP contribution in [0.25, 0.3) is 0 Å². The average molecular weight is 466 g/mol. The number of fused-ring (bicyclic) bond motifs is 5. The Bertz CT molecular complexity index is 759. The minimum atomic E-state index is -1.04. The zero-order chi connectivity index (χ0) is 24.1. The molecular formula is C26H43NO6. The molecule has 0 aromatic carbocycles. The number of amides is 1. The molecule has 0 radical (unpaired) electrons. The highest BCUT2D eigenvalue weighted by Crippen LogP contribution is 2.68. The van der Waals surface area contributed by atoms with Crippen LogP contribution in [0.1, 0.15) is 78.6 Å². The molecule has 188 valence electrons. The molecule has 4 rings (SSSR count). The largest absolute Gasteiger partial charge is 0.480 e. The van der Waals surface area contributed by atoms with E-state index in [1.807, 2.05) is 0 Å². The van der Waals surface area contributed by atoms with E-state index in [1.54, 1.807) is 0 Å². The maximum absolute atomic E-state index is 12.0. The van der Waals surface area contributed by atoms with Crippen molar-refractivity contribution in [1.82, 2.24) is 5.32 Å². The average Bonchev–Trinajstić information content (AvgIpc) is 3.11. The molecule has 0 spiro atoms. The standard InChI is InChI=1S/C26H43NO6/c1-14(4-7-22(31)27-13-23(32)33)17-5-6-18-24-19(12-21(30)26(17,18)3)25(2)9-8-16(28)10-15(25)11-20(24)29/h14-21,24,28-30H,4-13H2,1-3H3,(H,27,31)(H,32,33)/t14-,15+,16-,17-,18-,19+,20-,21+,24+,25+,26-/m1/s1. The Morgan fingerprint density at radius 1 is 1.03 bits per heavy atom. The van der Waals surface area contributed by atoms with E-state index in [0.717, 1.165) is 38.5 Å². The molecule has 7 heteroatoms. The fourth-order valence-corrected chi connectivity index (χ4v) is 8.95. The third-order valence-corrected chi connectivity index (χ3v) is 10.8. The van der Waals surface area contributed by atoms with Gasteiger partial charge in [-0.2, -0.15) is 0 Å². The van der Waals surface area contributed by atoms with Crippen LogP contribution in [0.3, 0.4) is 0 Å². The van der Waals surface area contributed by atoms with Crippen molar-refractivity contribution in [2.75, 3.05) is 6.54 Å². The zero-order valence-corrected chi connectivity index (χ0v) is 20.4. The number of hydrogen-bond acceptors (Lipinski definition) is 5. The number of carboxylic acids is 1. The molecule has 0 aliphatic heterocycles. The van der Waals surface area contributed by atoms with E-state index in [1.165, 1.54) is 0 Å². The lowest BCUT2D eigenvalue weighted by atomic mass is 9.43. The Morgan fingerprint density at radius 3 is 2.45 bits per heavy atom. The summed E-state index contributed by atoms with van der Waals surface area (Å²) in [7, 11) is 0. The van der Waals surface area contributed by atoms with Gasteiger partial charge in [0.1, 0.15) is 6.54 Å². The molecular weight excluding hydrogens is 422 g/mol. The summed E-state index contributed by atoms with van der Waals surface area (Å²) in [6.45, 7) is 6.35. The van der Waals surface area contributed by atoms with Gasteiger partial charge in [0.15, 0.2) is 0 Å². The second-order valence-electron chi connectivity index (χ2n) is 12.2. The molecule has 0 unspecified atom stereocenters. The minimum absolute atomic E-state index is 0.0668. The molecule has 4 saturated carbocycles. The number of aliphatic hydroxyl groups excluding tert-OH is 3. The number of aliphatic carboxylic acids is 1. The zero-order valence-electron chi connectivity index (χ0n) is 20.4. The molecule has 4 fully saturated rings. The molecule has 11 atom stereocenters. The van der Waals surface area contributed by atoms with Gasteiger partial charge in [-0.3, -0.25) is 9.59 Å². The monoisotopic (exact) mass is 465 g/mol. The summed E-state index contributed by atoms with van der Waals surface area (Å²) in [5, 5.41) is 44.4. The Balaban J connectivity index is 1.49. The predicted octanol–water partition coefficient (Wildman–Crippen LogP) is 2.56. The molecule has 4 aliphatic rings. The van der Waals surface area contributed by atoms with Gasteiger partial charge < -0.3 is 25.7 Å². The summed E-state index contributed by atoms with van der Waals surface area (Å²) in [6.07, 6.45) is 5.86. The SMILES string of the molecule is C[C@H](CCC(=O)NCC(=O)O)[C@H]1CC[C@@H]2[C@@H]3[C@H](O)C[C@@H]4C[C@H](O)CC[C@]4(C)[C@H]3C[C@H](O)[C@@]21C. The smallest absolute Gasteiger partial charge is 0.322 e. The van der Waals surface area contributed by atoms with Crippen LogP contribution in [0.2, 0.25) is 0 Å². The maximum Gasteiger partial charge on any atom is 0.322 e. The number of aliphatic hydroxyl groups is 3. The molecule has 0 heterocycles. The van der Waals surface area contributed by atoms with Crippen molar-refractivity contribution in [3.05, 3.63) is 0 Å². The maximum atomic E-state index is 12.0. The first-order chi connectivity index (χ1) is 15.5. The Labute approximate surface area is 197 Å². The van der Waals surface area contributed by atoms with Crippen LogP contribution in [0.5, 0.6) is 0 Å². The van der Waals surface area contributed by atoms with E-state index in [4.69, 9.17) is 5.11 Å². The van der Waals surface area contributed by atoms with Gasteiger partial charge in [0, 0.05) is 6.42 Å². The van der Waals surface area contributed by atoms with Crippen LogP contribution in [0.15, 0.2) is 0 Å². The topological polar surface area (TPSA) is 127 Å². The third-order valence-electron chi connectivity index (χ3n) is 10.8. The van der Waals surface area contributed by atoms with Crippen molar-refractivity contribution in [2.45, 2.75) is 96.9 Å². The first kappa shape index (κ1) is 24.9. The van der Waals surface area contributed by atoms with E-state index >= 15 is 0 Å². The van der Waals surface area contributed by atoms with E-state index in [-0.39, 0.29) is 65.1 Å². The van der Waals surface area contributed by atoms with Gasteiger partial charge in [0.2, 0.25) is 5.91 Å². The second-order valence-corrected chi connectivity index (χ2v) is 12.2. The van der Waals surface area contributed by atoms with Gasteiger partial charge in [-0.15, -0.1) is 0 Å². The molecule has 0 saturated heterocycles. The first-order valence-corrected chi connectivity index (χ1v) is 13.0. The van der Waals surface area contributed by atoms with Crippen LogP contribution in [0, 0.1) is 46.3 Å². The van der Waals surface area contributed by atoms with Crippen molar-refractivity contribution in [1.29, 1.82) is 0 Å². The number of nitrogens with one attached hydrogen (secondary N) is 1. The molecule has 5 N–H and O–H groups in total. The van der Waals surface area contributed by atoms with Gasteiger partial charge in [0.05, 0.1) is 18.3 Å². The minimum Gasteiger partial charge on any atom is -0.480 e. The van der Waals surface area contributed by atoms with Crippen molar-refractivity contribution in [2.24, 2.45) is 46.3 Å². The summed E-state index contributed by atoms with van der Waals surface area (Å²) < 4.78 is 0. The van der Waals surface area contributed by atoms with E-state index < -0.39 is 12.1 Å². The Hall–Kier alpha value is -1.18. The number of carbonyl (C=O) groups excluding carboxylic acids is 1. The summed E-state index contributed by atoms with van der Waals surface area (Å²) in [5.41, 5.74) is -0.214. The molecule has 0 aromatic heterocycles. The van der Waals surface area contributed by atoms with Crippen molar-refractivity contribution >= 4 is 11.9 Å². The van der Waals surface area contributed by atoms with Crippen molar-refractivity contribution in [3.8, 4) is 0 Å². The van der Waals surface area contributed by atoms with Gasteiger partial charge in [-0.25, -0.2) is 0 Å². The Morgan fingerprint density at radius 2 is 1.76 bits per heavy atom. The quantitative estimate of drug-likeness (QED) is 0.410. The lowest BCUT2D eigenvalue weighted by molar-refractivity contribution is -0.207. The summed E-state index contributed by atoms with van der Waals surface area (Å²) in [5.74, 6) is 0.265. The molecule has 7 nitrogen and oxygen atoms in total. The summed E-state index contributed by atoms with van der Waals surface area (Å²) >= 11 is 0. The molecule has 0 aromatic rings. The fraction of sp³-hybridized carbons (Fsp3) is 0.923. The highest BCUT2D eigenvalue weighted by Gasteiger charge is 2.65.